The largest absolute Gasteiger partial charge is 0.336 e. The van der Waals surface area contributed by atoms with Gasteiger partial charge < -0.3 is 4.52 Å². The maximum Gasteiger partial charge on any atom is 0.257 e. The van der Waals surface area contributed by atoms with Crippen molar-refractivity contribution in [3.63, 3.8) is 0 Å². The van der Waals surface area contributed by atoms with Crippen LogP contribution in [-0.4, -0.2) is 33.3 Å². The molecule has 1 aliphatic heterocycles. The fourth-order valence-corrected chi connectivity index (χ4v) is 4.19. The van der Waals surface area contributed by atoms with Crippen molar-refractivity contribution >= 4 is 21.1 Å². The first-order valence-electron chi connectivity index (χ1n) is 8.16. The second-order valence-corrected chi connectivity index (χ2v) is 7.78. The van der Waals surface area contributed by atoms with E-state index >= 15 is 0 Å². The summed E-state index contributed by atoms with van der Waals surface area (Å²) in [7, 11) is -3.75. The summed E-state index contributed by atoms with van der Waals surface area (Å²) in [5.74, 6) is 1.39. The van der Waals surface area contributed by atoms with Crippen LogP contribution in [0.2, 0.25) is 0 Å². The molecule has 1 aliphatic rings. The maximum absolute atomic E-state index is 12.8. The highest BCUT2D eigenvalue weighted by atomic mass is 32.2. The molecule has 3 aromatic heterocycles. The number of aryl methyl sites for hydroxylation is 3. The highest BCUT2D eigenvalue weighted by Gasteiger charge is 2.29. The molecule has 0 unspecified atom stereocenters. The Labute approximate surface area is 144 Å². The first-order valence-corrected chi connectivity index (χ1v) is 9.64. The number of nitrogens with zero attached hydrogens (tertiary/aromatic N) is 5. The average Bonchev–Trinajstić information content (AvgIpc) is 3.19. The quantitative estimate of drug-likeness (QED) is 0.747. The van der Waals surface area contributed by atoms with Gasteiger partial charge in [0, 0.05) is 13.0 Å². The molecule has 1 atom stereocenters. The van der Waals surface area contributed by atoms with Crippen molar-refractivity contribution in [2.24, 2.45) is 0 Å². The molecule has 25 heavy (non-hydrogen) atoms. The Balaban J connectivity index is 1.67. The van der Waals surface area contributed by atoms with Crippen LogP contribution in [0.5, 0.6) is 0 Å². The molecule has 0 bridgehead atoms. The van der Waals surface area contributed by atoms with Crippen LogP contribution in [0.4, 0.5) is 0 Å². The van der Waals surface area contributed by atoms with Gasteiger partial charge in [-0.15, -0.1) is 0 Å². The second kappa shape index (κ2) is 5.88. The van der Waals surface area contributed by atoms with E-state index in [4.69, 9.17) is 4.52 Å². The van der Waals surface area contributed by atoms with Crippen LogP contribution >= 0.6 is 0 Å². The summed E-state index contributed by atoms with van der Waals surface area (Å²) in [6.07, 6.45) is 3.52. The first-order chi connectivity index (χ1) is 12.0. The number of sulfonamides is 1. The van der Waals surface area contributed by atoms with Gasteiger partial charge in [0.1, 0.15) is 10.7 Å². The molecule has 0 spiro atoms. The van der Waals surface area contributed by atoms with Crippen LogP contribution in [0.3, 0.4) is 0 Å². The zero-order chi connectivity index (χ0) is 17.6. The van der Waals surface area contributed by atoms with Crippen molar-refractivity contribution in [2.75, 3.05) is 0 Å². The average molecular weight is 362 g/mol. The van der Waals surface area contributed by atoms with Crippen molar-refractivity contribution in [3.05, 3.63) is 29.6 Å². The molecular formula is C15H18N6O3S. The summed E-state index contributed by atoms with van der Waals surface area (Å²) < 4.78 is 35.2. The van der Waals surface area contributed by atoms with Crippen molar-refractivity contribution in [3.8, 4) is 0 Å². The summed E-state index contributed by atoms with van der Waals surface area (Å²) in [6, 6.07) is 1.13. The maximum atomic E-state index is 12.8. The molecule has 9 nitrogen and oxygen atoms in total. The zero-order valence-electron chi connectivity index (χ0n) is 13.9. The minimum absolute atomic E-state index is 0.0821. The van der Waals surface area contributed by atoms with Gasteiger partial charge in [0.2, 0.25) is 10.0 Å². The summed E-state index contributed by atoms with van der Waals surface area (Å²) in [4.78, 5) is 8.59. The van der Waals surface area contributed by atoms with E-state index in [0.717, 1.165) is 18.8 Å². The van der Waals surface area contributed by atoms with Gasteiger partial charge in [-0.3, -0.25) is 0 Å². The lowest BCUT2D eigenvalue weighted by atomic mass is 10.1. The van der Waals surface area contributed by atoms with E-state index in [2.05, 4.69) is 24.9 Å². The Bertz CT molecular complexity index is 1040. The Morgan fingerprint density at radius 3 is 3.08 bits per heavy atom. The molecule has 0 aliphatic carbocycles. The minimum Gasteiger partial charge on any atom is -0.336 e. The van der Waals surface area contributed by atoms with Gasteiger partial charge in [-0.2, -0.15) is 5.10 Å². The van der Waals surface area contributed by atoms with E-state index in [1.54, 1.807) is 11.6 Å². The molecular weight excluding hydrogens is 344 g/mol. The number of hydrogen-bond donors (Lipinski definition) is 1. The third kappa shape index (κ3) is 2.81. The van der Waals surface area contributed by atoms with Gasteiger partial charge in [0.15, 0.2) is 5.82 Å². The normalized spacial score (nSPS) is 17.8. The summed E-state index contributed by atoms with van der Waals surface area (Å²) >= 11 is 0. The standard InChI is InChI=1S/C15H18N6O3S/c1-3-13-17-14-12(5-4-6-21(14)18-13)20-25(22,23)10-7-11-9(2)19-24-15(11)16-8-10/h7-8,12,20H,3-6H2,1-2H3/t12-/m0/s1. The third-order valence-corrected chi connectivity index (χ3v) is 5.77. The predicted octanol–water partition coefficient (Wildman–Crippen LogP) is 1.50. The zero-order valence-corrected chi connectivity index (χ0v) is 14.7. The second-order valence-electron chi connectivity index (χ2n) is 6.07. The number of nitrogens with one attached hydrogen (secondary N) is 1. The van der Waals surface area contributed by atoms with Crippen LogP contribution in [0.15, 0.2) is 21.7 Å². The van der Waals surface area contributed by atoms with Crippen LogP contribution in [0, 0.1) is 6.92 Å². The van der Waals surface area contributed by atoms with E-state index in [9.17, 15) is 8.42 Å². The predicted molar refractivity (Wildman–Crippen MR) is 88.2 cm³/mol. The molecule has 4 rings (SSSR count). The Kier molecular flexibility index (Phi) is 3.80. The van der Waals surface area contributed by atoms with E-state index < -0.39 is 16.1 Å². The Morgan fingerprint density at radius 2 is 2.28 bits per heavy atom. The molecule has 0 saturated carbocycles. The van der Waals surface area contributed by atoms with E-state index in [1.807, 2.05) is 6.92 Å². The third-order valence-electron chi connectivity index (χ3n) is 4.33. The summed E-state index contributed by atoms with van der Waals surface area (Å²) in [5.41, 5.74) is 0.922. The molecule has 0 radical (unpaired) electrons. The van der Waals surface area contributed by atoms with Crippen LogP contribution in [0.25, 0.3) is 11.1 Å². The molecule has 4 heterocycles. The number of rotatable bonds is 4. The van der Waals surface area contributed by atoms with Gasteiger partial charge in [-0.1, -0.05) is 12.1 Å². The first kappa shape index (κ1) is 16.2. The van der Waals surface area contributed by atoms with Crippen LogP contribution in [0.1, 0.15) is 43.1 Å². The molecule has 0 fully saturated rings. The summed E-state index contributed by atoms with van der Waals surface area (Å²) in [5, 5.41) is 8.79. The fraction of sp³-hybridized carbons (Fsp3) is 0.467. The SMILES string of the molecule is CCc1nc2n(n1)CCC[C@@H]2NS(=O)(=O)c1cnc2onc(C)c2c1. The Hall–Kier alpha value is -2.33. The molecule has 0 saturated heterocycles. The van der Waals surface area contributed by atoms with E-state index in [1.165, 1.54) is 12.3 Å². The lowest BCUT2D eigenvalue weighted by molar-refractivity contribution is 0.399. The van der Waals surface area contributed by atoms with Crippen molar-refractivity contribution in [1.82, 2.24) is 29.6 Å². The van der Waals surface area contributed by atoms with Gasteiger partial charge in [-0.05, 0) is 25.8 Å². The van der Waals surface area contributed by atoms with Crippen LogP contribution < -0.4 is 4.72 Å². The molecule has 10 heteroatoms. The van der Waals surface area contributed by atoms with Crippen LogP contribution in [-0.2, 0) is 23.0 Å². The van der Waals surface area contributed by atoms with Crippen molar-refractivity contribution in [1.29, 1.82) is 0 Å². The topological polar surface area (TPSA) is 116 Å². The Morgan fingerprint density at radius 1 is 1.44 bits per heavy atom. The van der Waals surface area contributed by atoms with Gasteiger partial charge in [0.25, 0.3) is 5.71 Å². The number of fused-ring (bicyclic) bond motifs is 2. The van der Waals surface area contributed by atoms with E-state index in [-0.39, 0.29) is 4.90 Å². The number of aromatic nitrogens is 5. The van der Waals surface area contributed by atoms with Crippen molar-refractivity contribution in [2.45, 2.75) is 50.6 Å². The lowest BCUT2D eigenvalue weighted by Gasteiger charge is -2.22. The molecule has 0 aromatic carbocycles. The number of pyridine rings is 1. The van der Waals surface area contributed by atoms with Crippen molar-refractivity contribution < 1.29 is 12.9 Å². The molecule has 3 aromatic rings. The molecule has 132 valence electrons. The number of hydrogen-bond acceptors (Lipinski definition) is 7. The van der Waals surface area contributed by atoms with Gasteiger partial charge in [0.05, 0.1) is 23.3 Å². The smallest absolute Gasteiger partial charge is 0.257 e. The van der Waals surface area contributed by atoms with Gasteiger partial charge in [-0.25, -0.2) is 27.8 Å². The molecule has 0 amide bonds. The van der Waals surface area contributed by atoms with Gasteiger partial charge >= 0.3 is 0 Å². The lowest BCUT2D eigenvalue weighted by Crippen LogP contribution is -2.33. The highest BCUT2D eigenvalue weighted by Crippen LogP contribution is 2.26. The fourth-order valence-electron chi connectivity index (χ4n) is 2.99. The monoisotopic (exact) mass is 362 g/mol. The highest BCUT2D eigenvalue weighted by molar-refractivity contribution is 7.89. The van der Waals surface area contributed by atoms with E-state index in [0.29, 0.717) is 35.5 Å². The summed E-state index contributed by atoms with van der Waals surface area (Å²) in [6.45, 7) is 4.48. The molecule has 1 N–H and O–H groups in total. The minimum atomic E-state index is -3.75.